The molecule has 3 fully saturated rings. The summed E-state index contributed by atoms with van der Waals surface area (Å²) in [5, 5.41) is 14.7. The molecule has 1 aliphatic carbocycles. The molecular weight excluding hydrogens is 340 g/mol. The van der Waals surface area contributed by atoms with Gasteiger partial charge in [-0.15, -0.1) is 0 Å². The highest BCUT2D eigenvalue weighted by molar-refractivity contribution is 5.69. The fourth-order valence-electron chi connectivity index (χ4n) is 5.26. The first-order valence-electron chi connectivity index (χ1n) is 10.6. The molecule has 2 bridgehead atoms. The minimum absolute atomic E-state index is 0.114. The first-order valence-corrected chi connectivity index (χ1v) is 10.6. The van der Waals surface area contributed by atoms with E-state index in [1.807, 2.05) is 35.2 Å². The van der Waals surface area contributed by atoms with Crippen molar-refractivity contribution >= 4 is 6.09 Å². The maximum Gasteiger partial charge on any atom is 0.410 e. The Morgan fingerprint density at radius 2 is 1.78 bits per heavy atom. The summed E-state index contributed by atoms with van der Waals surface area (Å²) in [4.78, 5) is 14.5. The van der Waals surface area contributed by atoms with E-state index in [2.05, 4.69) is 5.32 Å². The summed E-state index contributed by atoms with van der Waals surface area (Å²) in [6.45, 7) is 1.18. The average Bonchev–Trinajstić information content (AvgIpc) is 3.27. The summed E-state index contributed by atoms with van der Waals surface area (Å²) in [6.07, 6.45) is 9.05. The normalized spacial score (nSPS) is 30.6. The number of nitrogens with zero attached hydrogens (tertiary/aromatic N) is 1. The highest BCUT2D eigenvalue weighted by Crippen LogP contribution is 2.42. The molecule has 1 unspecified atom stereocenters. The molecule has 148 valence electrons. The lowest BCUT2D eigenvalue weighted by molar-refractivity contribution is -0.0538. The number of amides is 1. The third-order valence-electron chi connectivity index (χ3n) is 6.65. The van der Waals surface area contributed by atoms with Gasteiger partial charge in [-0.2, -0.15) is 0 Å². The monoisotopic (exact) mass is 372 g/mol. The highest BCUT2D eigenvalue weighted by Gasteiger charge is 2.49. The van der Waals surface area contributed by atoms with E-state index in [0.29, 0.717) is 25.5 Å². The zero-order chi connectivity index (χ0) is 18.7. The van der Waals surface area contributed by atoms with Crippen LogP contribution in [0.15, 0.2) is 30.3 Å². The molecule has 1 saturated carbocycles. The molecule has 1 aromatic carbocycles. The van der Waals surface area contributed by atoms with Crippen LogP contribution in [0.3, 0.4) is 0 Å². The Labute approximate surface area is 162 Å². The molecule has 2 saturated heterocycles. The van der Waals surface area contributed by atoms with Crippen molar-refractivity contribution in [1.82, 2.24) is 10.2 Å². The summed E-state index contributed by atoms with van der Waals surface area (Å²) in [5.74, 6) is 0. The number of benzene rings is 1. The van der Waals surface area contributed by atoms with E-state index >= 15 is 0 Å². The van der Waals surface area contributed by atoms with Gasteiger partial charge in [-0.1, -0.05) is 43.2 Å². The van der Waals surface area contributed by atoms with Gasteiger partial charge >= 0.3 is 6.09 Å². The smallest absolute Gasteiger partial charge is 0.410 e. The number of nitrogens with one attached hydrogen (secondary N) is 1. The van der Waals surface area contributed by atoms with E-state index in [-0.39, 0.29) is 18.2 Å². The van der Waals surface area contributed by atoms with Crippen LogP contribution in [0.1, 0.15) is 63.4 Å². The second kappa shape index (κ2) is 8.19. The van der Waals surface area contributed by atoms with Crippen LogP contribution in [0.25, 0.3) is 0 Å². The third-order valence-corrected chi connectivity index (χ3v) is 6.65. The van der Waals surface area contributed by atoms with Crippen LogP contribution in [-0.4, -0.2) is 46.4 Å². The number of hydrogen-bond donors (Lipinski definition) is 2. The predicted molar refractivity (Wildman–Crippen MR) is 104 cm³/mol. The van der Waals surface area contributed by atoms with Crippen molar-refractivity contribution < 1.29 is 14.6 Å². The molecule has 0 aromatic heterocycles. The van der Waals surface area contributed by atoms with Gasteiger partial charge in [0.05, 0.1) is 5.60 Å². The van der Waals surface area contributed by atoms with Crippen LogP contribution < -0.4 is 5.32 Å². The molecule has 2 N–H and O–H groups in total. The third kappa shape index (κ3) is 4.46. The summed E-state index contributed by atoms with van der Waals surface area (Å²) in [7, 11) is 0. The van der Waals surface area contributed by atoms with Crippen molar-refractivity contribution in [2.24, 2.45) is 0 Å². The number of fused-ring (bicyclic) bond motifs is 2. The average molecular weight is 373 g/mol. The van der Waals surface area contributed by atoms with Crippen LogP contribution in [0.2, 0.25) is 0 Å². The zero-order valence-corrected chi connectivity index (χ0v) is 16.1. The van der Waals surface area contributed by atoms with Crippen molar-refractivity contribution in [3.05, 3.63) is 35.9 Å². The van der Waals surface area contributed by atoms with Gasteiger partial charge in [-0.3, -0.25) is 0 Å². The van der Waals surface area contributed by atoms with Gasteiger partial charge in [0.25, 0.3) is 0 Å². The summed E-state index contributed by atoms with van der Waals surface area (Å²) < 4.78 is 5.56. The van der Waals surface area contributed by atoms with Crippen LogP contribution >= 0.6 is 0 Å². The molecule has 27 heavy (non-hydrogen) atoms. The van der Waals surface area contributed by atoms with E-state index in [0.717, 1.165) is 31.4 Å². The van der Waals surface area contributed by atoms with Crippen molar-refractivity contribution in [3.63, 3.8) is 0 Å². The molecule has 4 rings (SSSR count). The zero-order valence-electron chi connectivity index (χ0n) is 16.1. The largest absolute Gasteiger partial charge is 0.445 e. The molecule has 3 aliphatic rings. The van der Waals surface area contributed by atoms with Crippen LogP contribution in [0.4, 0.5) is 4.79 Å². The van der Waals surface area contributed by atoms with Crippen LogP contribution in [0.5, 0.6) is 0 Å². The first kappa shape index (κ1) is 18.8. The Balaban J connectivity index is 1.28. The number of ether oxygens (including phenoxy) is 1. The molecule has 2 heterocycles. The van der Waals surface area contributed by atoms with Crippen molar-refractivity contribution in [2.75, 3.05) is 6.54 Å². The van der Waals surface area contributed by atoms with E-state index in [4.69, 9.17) is 4.74 Å². The molecule has 0 spiro atoms. The number of carbonyl (C=O) groups is 1. The van der Waals surface area contributed by atoms with Gasteiger partial charge in [0.1, 0.15) is 6.61 Å². The van der Waals surface area contributed by atoms with Gasteiger partial charge in [0.15, 0.2) is 0 Å². The summed E-state index contributed by atoms with van der Waals surface area (Å²) >= 11 is 0. The molecule has 5 nitrogen and oxygen atoms in total. The van der Waals surface area contributed by atoms with Crippen molar-refractivity contribution in [1.29, 1.82) is 0 Å². The molecule has 1 aromatic rings. The van der Waals surface area contributed by atoms with E-state index in [9.17, 15) is 9.90 Å². The number of aliphatic hydroxyl groups is 1. The Bertz CT molecular complexity index is 616. The molecule has 2 aliphatic heterocycles. The van der Waals surface area contributed by atoms with Crippen molar-refractivity contribution in [3.8, 4) is 0 Å². The Hall–Kier alpha value is -1.59. The number of rotatable bonds is 6. The Morgan fingerprint density at radius 3 is 2.44 bits per heavy atom. The highest BCUT2D eigenvalue weighted by atomic mass is 16.6. The second-order valence-electron chi connectivity index (χ2n) is 8.65. The summed E-state index contributed by atoms with van der Waals surface area (Å²) in [6, 6.07) is 10.7. The maximum atomic E-state index is 12.6. The fraction of sp³-hybridized carbons (Fsp3) is 0.682. The van der Waals surface area contributed by atoms with Gasteiger partial charge < -0.3 is 20.1 Å². The van der Waals surface area contributed by atoms with Gasteiger partial charge in [-0.05, 0) is 57.1 Å². The van der Waals surface area contributed by atoms with Gasteiger partial charge in [0.2, 0.25) is 0 Å². The second-order valence-corrected chi connectivity index (χ2v) is 8.65. The topological polar surface area (TPSA) is 61.8 Å². The summed E-state index contributed by atoms with van der Waals surface area (Å²) in [5.41, 5.74) is 0.359. The quantitative estimate of drug-likeness (QED) is 0.801. The molecule has 1 amide bonds. The standard InChI is InChI=1S/C22H32N2O3/c25-21(27-16-17-6-2-1-3-7-17)24-19-10-11-20(24)15-22(26,14-19)12-13-23-18-8-4-5-9-18/h1-3,6-7,18-20,23,26H,4-5,8-16H2/t19-,20+,22?. The Morgan fingerprint density at radius 1 is 1.11 bits per heavy atom. The van der Waals surface area contributed by atoms with Crippen molar-refractivity contribution in [2.45, 2.75) is 88.1 Å². The lowest BCUT2D eigenvalue weighted by Gasteiger charge is -2.43. The fourth-order valence-corrected chi connectivity index (χ4v) is 5.26. The predicted octanol–water partition coefficient (Wildman–Crippen LogP) is 3.60. The molecular formula is C22H32N2O3. The minimum Gasteiger partial charge on any atom is -0.445 e. The van der Waals surface area contributed by atoms with E-state index in [1.54, 1.807) is 0 Å². The maximum absolute atomic E-state index is 12.6. The lowest BCUT2D eigenvalue weighted by Crippen LogP contribution is -2.54. The number of hydrogen-bond acceptors (Lipinski definition) is 4. The van der Waals surface area contributed by atoms with Crippen LogP contribution in [0, 0.1) is 0 Å². The first-order chi connectivity index (χ1) is 13.1. The van der Waals surface area contributed by atoms with Gasteiger partial charge in [-0.25, -0.2) is 4.79 Å². The van der Waals surface area contributed by atoms with Crippen LogP contribution in [-0.2, 0) is 11.3 Å². The molecule has 5 heteroatoms. The van der Waals surface area contributed by atoms with E-state index in [1.165, 1.54) is 25.7 Å². The SMILES string of the molecule is O=C(OCc1ccccc1)N1[C@@H]2CC[C@H]1CC(O)(CCNC1CCCC1)C2. The number of piperidine rings is 1. The minimum atomic E-state index is -0.645. The van der Waals surface area contributed by atoms with Gasteiger partial charge in [0, 0.05) is 18.1 Å². The molecule has 0 radical (unpaired) electrons. The Kier molecular flexibility index (Phi) is 5.69. The molecule has 3 atom stereocenters. The lowest BCUT2D eigenvalue weighted by atomic mass is 9.83. The number of carbonyl (C=O) groups excluding carboxylic acids is 1. The van der Waals surface area contributed by atoms with E-state index < -0.39 is 5.60 Å².